The highest BCUT2D eigenvalue weighted by Gasteiger charge is 2.66. The van der Waals surface area contributed by atoms with E-state index in [1.807, 2.05) is 115 Å². The van der Waals surface area contributed by atoms with E-state index in [4.69, 9.17) is 23.7 Å². The van der Waals surface area contributed by atoms with Crippen LogP contribution in [0.25, 0.3) is 6.08 Å². The van der Waals surface area contributed by atoms with E-state index in [1.165, 1.54) is 44.4 Å². The van der Waals surface area contributed by atoms with Crippen molar-refractivity contribution in [2.24, 2.45) is 0 Å². The van der Waals surface area contributed by atoms with Gasteiger partial charge in [0.05, 0.1) is 21.3 Å². The number of carbonyl (C=O) groups is 8. The van der Waals surface area contributed by atoms with Gasteiger partial charge in [-0.15, -0.1) is 28.5 Å². The number of amides is 8. The number of β-lactam (4-membered cyclic amide) rings is 1. The average molecular weight is 1270 g/mol. The lowest BCUT2D eigenvalue weighted by Crippen LogP contribution is -2.85. The number of aromatic nitrogens is 1. The van der Waals surface area contributed by atoms with Crippen molar-refractivity contribution in [1.82, 2.24) is 30.7 Å². The van der Waals surface area contributed by atoms with E-state index in [1.54, 1.807) is 106 Å². The molecule has 0 unspecified atom stereocenters. The standard InChI is InChI=1S/C68H64N8O13S2/c1-5-73-37-38-75(63(81)62(73)80)67(84)70-58(48-15-9-6-10-16-48)61(79)71-68(69-44-77)65(83)76-59(64(82)89-60(49-17-11-7-12-18-49)50-19-13-8-14-20-50)51(43-91-66(68)76)42-90-54-33-35-74(36-34-54)72(2)57(78)32-26-45-25-31-55(87-40-46-21-27-52(85-3)28-22-46)56(39-45)88-41-47-23-29-53(86-4)30-24-47/h6-36,39,44,58,60,66H,5,37-38,40-43H2,1-4H3,(H2-,69,70,71,77,79,84)/p+1/t58-,66-,68-/m1/s1. The number of ether oxygens (including phenoxy) is 5. The number of nitrogens with zero attached hydrogens (tertiary/aromatic N) is 5. The van der Waals surface area contributed by atoms with Crippen molar-refractivity contribution in [3.05, 3.63) is 233 Å². The Bertz CT molecular complexity index is 3830. The van der Waals surface area contributed by atoms with Crippen LogP contribution in [0.5, 0.6) is 23.0 Å². The first kappa shape index (κ1) is 63.6. The van der Waals surface area contributed by atoms with Gasteiger partial charge in [-0.1, -0.05) is 126 Å². The number of thioether (sulfide) groups is 2. The summed E-state index contributed by atoms with van der Waals surface area (Å²) < 4.78 is 31.2. The van der Waals surface area contributed by atoms with Crippen LogP contribution < -0.4 is 44.6 Å². The van der Waals surface area contributed by atoms with Crippen molar-refractivity contribution in [3.63, 3.8) is 0 Å². The van der Waals surface area contributed by atoms with Crippen LogP contribution in [-0.4, -0.2) is 126 Å². The van der Waals surface area contributed by atoms with Crippen LogP contribution in [0.4, 0.5) is 4.79 Å². The average Bonchev–Trinajstić information content (AvgIpc) is 0.703. The molecule has 0 bridgehead atoms. The molecular formula is C68H65N8O13S2+. The van der Waals surface area contributed by atoms with Crippen molar-refractivity contribution < 1.29 is 66.7 Å². The molecule has 466 valence electrons. The van der Waals surface area contributed by atoms with Crippen molar-refractivity contribution >= 4 is 77.5 Å². The minimum absolute atomic E-state index is 0.0851. The zero-order valence-electron chi connectivity index (χ0n) is 50.1. The van der Waals surface area contributed by atoms with Crippen molar-refractivity contribution in [2.45, 2.75) is 48.2 Å². The number of fused-ring (bicyclic) bond motifs is 1. The van der Waals surface area contributed by atoms with E-state index in [0.717, 1.165) is 32.4 Å². The van der Waals surface area contributed by atoms with Gasteiger partial charge in [0.25, 0.3) is 5.91 Å². The molecule has 8 amide bonds. The van der Waals surface area contributed by atoms with E-state index >= 15 is 9.59 Å². The highest BCUT2D eigenvalue weighted by molar-refractivity contribution is 8.01. The van der Waals surface area contributed by atoms with Gasteiger partial charge in [0.2, 0.25) is 30.4 Å². The topological polar surface area (TPSA) is 236 Å². The van der Waals surface area contributed by atoms with Gasteiger partial charge in [0, 0.05) is 54.2 Å². The molecule has 3 aliphatic heterocycles. The molecule has 91 heavy (non-hydrogen) atoms. The molecule has 4 heterocycles. The molecule has 7 aromatic rings. The van der Waals surface area contributed by atoms with Gasteiger partial charge in [-0.2, -0.15) is 0 Å². The van der Waals surface area contributed by atoms with Crippen LogP contribution in [0.1, 0.15) is 52.5 Å². The predicted molar refractivity (Wildman–Crippen MR) is 339 cm³/mol. The molecule has 10 rings (SSSR count). The Morgan fingerprint density at radius 2 is 1.32 bits per heavy atom. The number of rotatable bonds is 25. The van der Waals surface area contributed by atoms with Gasteiger partial charge in [0.1, 0.15) is 41.8 Å². The van der Waals surface area contributed by atoms with Crippen LogP contribution in [0.2, 0.25) is 0 Å². The van der Waals surface area contributed by atoms with Gasteiger partial charge in [0.15, 0.2) is 17.6 Å². The lowest BCUT2D eigenvalue weighted by atomic mass is 9.94. The molecule has 21 nitrogen and oxygen atoms in total. The van der Waals surface area contributed by atoms with Gasteiger partial charge in [-0.05, 0) is 88.4 Å². The van der Waals surface area contributed by atoms with Crippen LogP contribution in [0.15, 0.2) is 204 Å². The third-order valence-electron chi connectivity index (χ3n) is 15.3. The quantitative estimate of drug-likeness (QED) is 0.00747. The summed E-state index contributed by atoms with van der Waals surface area (Å²) in [6, 6.07) is 47.8. The summed E-state index contributed by atoms with van der Waals surface area (Å²) in [5, 5.41) is 8.10. The van der Waals surface area contributed by atoms with Gasteiger partial charge in [-0.25, -0.2) is 9.59 Å². The number of pyridine rings is 1. The van der Waals surface area contributed by atoms with E-state index in [-0.39, 0.29) is 67.9 Å². The van der Waals surface area contributed by atoms with Crippen molar-refractivity contribution in [3.8, 4) is 23.0 Å². The Morgan fingerprint density at radius 1 is 0.736 bits per heavy atom. The lowest BCUT2D eigenvalue weighted by Gasteiger charge is -2.57. The zero-order valence-corrected chi connectivity index (χ0v) is 51.7. The highest BCUT2D eigenvalue weighted by Crippen LogP contribution is 2.47. The summed E-state index contributed by atoms with van der Waals surface area (Å²) in [6.45, 7) is 2.43. The molecule has 3 aliphatic rings. The number of likely N-dealkylation sites (N-methyl/N-ethyl adjacent to an activating group) is 2. The second kappa shape index (κ2) is 29.3. The van der Waals surface area contributed by atoms with E-state index in [0.29, 0.717) is 33.8 Å². The van der Waals surface area contributed by atoms with Crippen LogP contribution >= 0.6 is 23.5 Å². The molecule has 23 heteroatoms. The summed E-state index contributed by atoms with van der Waals surface area (Å²) in [5.74, 6) is -2.22. The minimum atomic E-state index is -2.15. The predicted octanol–water partition coefficient (Wildman–Crippen LogP) is 7.25. The highest BCUT2D eigenvalue weighted by atomic mass is 32.2. The number of methoxy groups -OCH3 is 2. The first-order valence-electron chi connectivity index (χ1n) is 29.0. The SMILES string of the molecule is CCN1CCN(C(=O)N[C@@H](C(=O)N[C@]2(NC=O)C(=O)N3C(C(=O)OC(c4ccccc4)c4ccccc4)=C(CSc4cc[n+](N(C)C(=O)C=Cc5ccc(OCc6ccc(OC)cc6)c(OCc6ccc(OC)cc6)c5)cc4)CS[C@@H]32)c2ccccc2)C(=O)C1=O. The number of imide groups is 1. The molecule has 3 N–H and O–H groups in total. The Labute approximate surface area is 533 Å². The van der Waals surface area contributed by atoms with Crippen LogP contribution in [0, 0.1) is 0 Å². The summed E-state index contributed by atoms with van der Waals surface area (Å²) >= 11 is 2.54. The molecule has 0 spiro atoms. The fourth-order valence-electron chi connectivity index (χ4n) is 10.3. The maximum Gasteiger partial charge on any atom is 0.356 e. The van der Waals surface area contributed by atoms with Crippen molar-refractivity contribution in [1.29, 1.82) is 0 Å². The second-order valence-corrected chi connectivity index (χ2v) is 23.1. The first-order valence-corrected chi connectivity index (χ1v) is 31.0. The molecular weight excluding hydrogens is 1200 g/mol. The number of esters is 1. The van der Waals surface area contributed by atoms with Crippen LogP contribution in [-0.2, 0) is 51.5 Å². The third-order valence-corrected chi connectivity index (χ3v) is 17.8. The monoisotopic (exact) mass is 1270 g/mol. The second-order valence-electron chi connectivity index (χ2n) is 21.0. The molecule has 0 aliphatic carbocycles. The fourth-order valence-corrected chi connectivity index (χ4v) is 12.8. The lowest BCUT2D eigenvalue weighted by molar-refractivity contribution is -0.680. The maximum absolute atomic E-state index is 15.1. The van der Waals surface area contributed by atoms with Gasteiger partial charge in [-0.3, -0.25) is 38.6 Å². The largest absolute Gasteiger partial charge is 0.497 e. The minimum Gasteiger partial charge on any atom is -0.497 e. The van der Waals surface area contributed by atoms with E-state index < -0.39 is 58.8 Å². The third kappa shape index (κ3) is 14.5. The number of hydrogen-bond acceptors (Lipinski definition) is 15. The normalized spacial score (nSPS) is 16.5. The van der Waals surface area contributed by atoms with Gasteiger partial charge < -0.3 is 44.5 Å². The number of nitrogens with one attached hydrogen (secondary N) is 3. The molecule has 0 saturated carbocycles. The maximum atomic E-state index is 15.1. The summed E-state index contributed by atoms with van der Waals surface area (Å²) in [7, 11) is 4.84. The summed E-state index contributed by atoms with van der Waals surface area (Å²) in [4.78, 5) is 115. The Balaban J connectivity index is 0.869. The number of piperazine rings is 1. The molecule has 2 fully saturated rings. The fraction of sp³-hybridized carbons (Fsp3) is 0.221. The summed E-state index contributed by atoms with van der Waals surface area (Å²) in [6.07, 6.45) is 5.90. The number of carbonyl (C=O) groups excluding carboxylic acids is 8. The van der Waals surface area contributed by atoms with E-state index in [9.17, 15) is 28.8 Å². The molecule has 6 aromatic carbocycles. The first-order chi connectivity index (χ1) is 44.2. The van der Waals surface area contributed by atoms with E-state index in [2.05, 4.69) is 16.0 Å². The number of urea groups is 1. The van der Waals surface area contributed by atoms with Crippen LogP contribution in [0.3, 0.4) is 0 Å². The van der Waals surface area contributed by atoms with Crippen molar-refractivity contribution in [2.75, 3.05) is 57.4 Å². The number of hydrogen-bond donors (Lipinski definition) is 3. The molecule has 3 atom stereocenters. The summed E-state index contributed by atoms with van der Waals surface area (Å²) in [5.41, 5.74) is 2.37. The molecule has 2 saturated heterocycles. The molecule has 1 aromatic heterocycles. The van der Waals surface area contributed by atoms with Gasteiger partial charge >= 0.3 is 29.7 Å². The zero-order chi connectivity index (χ0) is 64.0. The molecule has 0 radical (unpaired) electrons. The number of benzene rings is 6. The Kier molecular flexibility index (Phi) is 20.5. The Hall–Kier alpha value is -10.4. The Morgan fingerprint density at radius 3 is 1.89 bits per heavy atom. The smallest absolute Gasteiger partial charge is 0.356 e.